The molecule has 0 heterocycles. The summed E-state index contributed by atoms with van der Waals surface area (Å²) in [5, 5.41) is 30.7. The molecule has 25 nitrogen and oxygen atoms in total. The molecule has 0 radical (unpaired) electrons. The van der Waals surface area contributed by atoms with Gasteiger partial charge in [-0.15, -0.1) is 0 Å². The molecule has 0 saturated carbocycles. The van der Waals surface area contributed by atoms with E-state index in [4.69, 9.17) is 26.3 Å². The lowest BCUT2D eigenvalue weighted by atomic mass is 10.2. The highest BCUT2D eigenvalue weighted by Crippen LogP contribution is 2.56. The molecular weight excluding hydrogens is 1850 g/mol. The number of hydrogen-bond acceptors (Lipinski definition) is 14. The summed E-state index contributed by atoms with van der Waals surface area (Å²) in [5.41, 5.74) is 1.37. The number of phenols is 1. The zero-order valence-electron chi connectivity index (χ0n) is 70.8. The van der Waals surface area contributed by atoms with Gasteiger partial charge in [0.1, 0.15) is 24.0 Å². The molecule has 0 spiro atoms. The molecule has 684 valence electrons. The summed E-state index contributed by atoms with van der Waals surface area (Å²) < 4.78 is 126. The quantitative estimate of drug-likeness (QED) is 0.0180. The number of unbranched alkanes of at least 4 members (excludes halogenated alkanes) is 1. The molecule has 0 saturated heterocycles. The number of aromatic hydroxyl groups is 1. The van der Waals surface area contributed by atoms with E-state index in [-0.39, 0.29) is 52.9 Å². The lowest BCUT2D eigenvalue weighted by Gasteiger charge is -2.16. The van der Waals surface area contributed by atoms with Crippen LogP contribution in [0.15, 0.2) is 352 Å². The lowest BCUT2D eigenvalue weighted by Crippen LogP contribution is -2.15. The molecule has 10 atom stereocenters. The molecule has 0 aliphatic heterocycles. The first-order valence-corrected chi connectivity index (χ1v) is 58.7. The van der Waals surface area contributed by atoms with E-state index in [9.17, 15) is 104 Å². The maximum Gasteiger partial charge on any atom is 0.313 e. The van der Waals surface area contributed by atoms with Crippen LogP contribution in [0.3, 0.4) is 0 Å². The van der Waals surface area contributed by atoms with Gasteiger partial charge in [0.15, 0.2) is 0 Å². The van der Waals surface area contributed by atoms with Crippen molar-refractivity contribution in [3.63, 3.8) is 0 Å². The van der Waals surface area contributed by atoms with E-state index < -0.39 is 104 Å². The second-order valence-electron chi connectivity index (χ2n) is 29.0. The Morgan fingerprint density at radius 3 is 0.875 bits per heavy atom. The van der Waals surface area contributed by atoms with Gasteiger partial charge >= 0.3 is 11.9 Å². The number of phenolic OH excluding ortho intramolecular Hbond substituents is 1. The summed E-state index contributed by atoms with van der Waals surface area (Å²) in [7, 11) is -34.8. The molecule has 0 fully saturated rings. The maximum atomic E-state index is 12.2. The first kappa shape index (κ1) is 110. The van der Waals surface area contributed by atoms with Crippen LogP contribution < -0.4 is 53.0 Å². The average molecular weight is 1960 g/mol. The van der Waals surface area contributed by atoms with E-state index in [0.717, 1.165) is 24.8 Å². The molecule has 0 amide bonds. The van der Waals surface area contributed by atoms with Crippen molar-refractivity contribution in [2.75, 3.05) is 49.5 Å². The van der Waals surface area contributed by atoms with E-state index in [1.807, 2.05) is 55.5 Å². The minimum absolute atomic E-state index is 0.0519. The normalized spacial score (nSPS) is 15.5. The van der Waals surface area contributed by atoms with Gasteiger partial charge < -0.3 is 63.9 Å². The monoisotopic (exact) mass is 1960 g/mol. The van der Waals surface area contributed by atoms with Crippen LogP contribution in [0.5, 0.6) is 5.75 Å². The molecule has 0 aliphatic carbocycles. The topological polar surface area (TPSA) is 457 Å². The van der Waals surface area contributed by atoms with Gasteiger partial charge in [0.05, 0.1) is 18.9 Å². The number of carboxylic acids is 2. The van der Waals surface area contributed by atoms with Gasteiger partial charge in [0.2, 0.25) is 73.7 Å². The van der Waals surface area contributed by atoms with Gasteiger partial charge in [-0.2, -0.15) is 0 Å². The third kappa shape index (κ3) is 39.7. The number of carbonyl (C=O) groups is 2. The Morgan fingerprint density at radius 2 is 0.570 bits per heavy atom. The smallest absolute Gasteiger partial charge is 0.313 e. The summed E-state index contributed by atoms with van der Waals surface area (Å²) in [6.45, 7) is 8.07. The third-order valence-electron chi connectivity index (χ3n) is 18.2. The fourth-order valence-electron chi connectivity index (χ4n) is 11.4. The summed E-state index contributed by atoms with van der Waals surface area (Å²) in [5.74, 6) is -2.54. The predicted octanol–water partition coefficient (Wildman–Crippen LogP) is 17.6. The standard InChI is InChI=1S/C14H16O4P2.C13H14O4P2.C13H13O3P.C13H13O2P.C11H17O2P.C10H13O4P.C10H15O2P.C8H8ClO4P/c15-19(16,13-7-3-1-4-8-13)11-12-20(17,18)14-9-5-2-6-10-14;14-18(15,12-7-3-1-4-8-12)11-19(16,17)13-9-5-2-6-10-13;14-13-9-5-4-6-11(13)10-17(15,16)12-7-2-1-3-8-12;14-16(15,13-9-5-2-6-10-13)11-12-7-3-1-4-8-12;1-10(2)8-9-14(12,13)11-6-4-3-5-7-11;1-2-14-15(13,8-10(11)12)9-6-4-3-5-7-9;1-2-3-9-13(11,12)10-7-5-4-6-8-10;9-6-1-3-7(4-2-6)14(12,13)5-8(10)11/h1-10H,11-12H2,(H,15,16)(H,17,18);1-10H,11H2,(H,14,15)(H,16,17);1-9,14H,10H2,(H,15,16);1-10H,11H2,(H,14,15);3-7,10H,8-9H2,1-2H3,(H,12,13);3-7H,2,8H2,1H3,(H,11,12);4-8H,2-3,9H2,1H3,(H,11,12);1-4H,5H2,(H,10,11)(H,12,13). The summed E-state index contributed by atoms with van der Waals surface area (Å²) in [6.07, 6.45) is 1.82. The van der Waals surface area contributed by atoms with Gasteiger partial charge in [-0.25, -0.2) is 0 Å². The Hall–Kier alpha value is -8.43. The molecule has 12 aromatic rings. The zero-order chi connectivity index (χ0) is 94.7. The maximum absolute atomic E-state index is 12.2. The van der Waals surface area contributed by atoms with Crippen LogP contribution in [0.1, 0.15) is 58.1 Å². The highest BCUT2D eigenvalue weighted by Gasteiger charge is 2.35. The summed E-state index contributed by atoms with van der Waals surface area (Å²) in [6, 6.07) is 97.5. The van der Waals surface area contributed by atoms with Gasteiger partial charge in [0, 0.05) is 88.3 Å². The van der Waals surface area contributed by atoms with Crippen LogP contribution in [-0.4, -0.2) is 121 Å². The summed E-state index contributed by atoms with van der Waals surface area (Å²) >= 11 is 5.58. The fourth-order valence-corrected chi connectivity index (χ4v) is 29.6. The van der Waals surface area contributed by atoms with E-state index in [1.165, 1.54) is 54.6 Å². The minimum Gasteiger partial charge on any atom is -0.508 e. The molecule has 12 rings (SSSR count). The van der Waals surface area contributed by atoms with Crippen LogP contribution in [0.4, 0.5) is 0 Å². The van der Waals surface area contributed by atoms with Crippen molar-refractivity contribution < 1.29 is 119 Å². The van der Waals surface area contributed by atoms with E-state index in [2.05, 4.69) is 13.8 Å². The number of halogens is 1. The van der Waals surface area contributed by atoms with Crippen molar-refractivity contribution in [2.45, 2.75) is 59.3 Å². The third-order valence-corrected chi connectivity index (χ3v) is 40.0. The molecule has 0 bridgehead atoms. The molecule has 12 N–H and O–H groups in total. The highest BCUT2D eigenvalue weighted by atomic mass is 35.5. The van der Waals surface area contributed by atoms with Crippen LogP contribution >= 0.6 is 85.3 Å². The molecule has 128 heavy (non-hydrogen) atoms. The number of hydrogen-bond donors (Lipinski definition) is 12. The molecule has 12 aromatic carbocycles. The zero-order valence-corrected chi connectivity index (χ0v) is 80.5. The first-order chi connectivity index (χ1) is 60.3. The van der Waals surface area contributed by atoms with Crippen molar-refractivity contribution in [3.05, 3.63) is 368 Å². The van der Waals surface area contributed by atoms with Gasteiger partial charge in [0.25, 0.3) is 0 Å². The number of para-hydroxylation sites is 1. The van der Waals surface area contributed by atoms with Crippen molar-refractivity contribution in [3.8, 4) is 5.75 Å². The van der Waals surface area contributed by atoms with Crippen LogP contribution in [0.2, 0.25) is 5.02 Å². The second kappa shape index (κ2) is 53.8. The molecule has 0 aliphatic rings. The van der Waals surface area contributed by atoms with Gasteiger partial charge in [-0.05, 0) is 171 Å². The Balaban J connectivity index is 0.000000260. The first-order valence-electron chi connectivity index (χ1n) is 39.9. The summed E-state index contributed by atoms with van der Waals surface area (Å²) in [4.78, 5) is 110. The van der Waals surface area contributed by atoms with Crippen molar-refractivity contribution in [2.24, 2.45) is 5.92 Å². The van der Waals surface area contributed by atoms with Crippen molar-refractivity contribution in [1.82, 2.24) is 0 Å². The molecule has 10 unspecified atom stereocenters. The Labute approximate surface area is 752 Å². The van der Waals surface area contributed by atoms with Crippen molar-refractivity contribution >= 4 is 150 Å². The van der Waals surface area contributed by atoms with Gasteiger partial charge in [-0.1, -0.05) is 251 Å². The predicted molar refractivity (Wildman–Crippen MR) is 519 cm³/mol. The van der Waals surface area contributed by atoms with Crippen molar-refractivity contribution in [1.29, 1.82) is 0 Å². The fraction of sp³-hybridized carbons (Fsp3) is 0.196. The molecule has 36 heteroatoms. The lowest BCUT2D eigenvalue weighted by molar-refractivity contribution is -0.135. The highest BCUT2D eigenvalue weighted by molar-refractivity contribution is 7.82. The van der Waals surface area contributed by atoms with Gasteiger partial charge in [-0.3, -0.25) is 55.2 Å². The molecular formula is C92H109ClO25P10. The second-order valence-corrected chi connectivity index (χ2v) is 53.0. The number of benzene rings is 12. The number of carboxylic acid groups (broad SMARTS) is 2. The van der Waals surface area contributed by atoms with Crippen LogP contribution in [0, 0.1) is 5.92 Å². The minimum atomic E-state index is -3.84. The largest absolute Gasteiger partial charge is 0.508 e. The van der Waals surface area contributed by atoms with E-state index in [1.54, 1.807) is 256 Å². The Bertz CT molecular complexity index is 5740. The van der Waals surface area contributed by atoms with E-state index in [0.29, 0.717) is 66.0 Å². The molecule has 0 aromatic heterocycles. The van der Waals surface area contributed by atoms with E-state index >= 15 is 0 Å². The van der Waals surface area contributed by atoms with Crippen LogP contribution in [0.25, 0.3) is 0 Å². The average Bonchev–Trinajstić information content (AvgIpc) is 0.800. The Morgan fingerprint density at radius 1 is 0.305 bits per heavy atom. The Kier molecular flexibility index (Phi) is 46.3. The SMILES string of the molecule is CC(C)CCP(=O)(O)c1ccccc1.CCCCP(=O)(O)c1ccccc1.CCOP(=O)(CC(=O)O)c1ccccc1.O=C(O)CP(=O)(O)c1ccc(Cl)cc1.O=P(O)(CCP(=O)(O)c1ccccc1)c1ccccc1.O=P(O)(CP(=O)(O)c1ccccc1)c1ccccc1.O=P(O)(Cc1ccccc1)c1ccccc1.O=P(O)(Cc1ccccc1O)c1ccccc1. The number of rotatable bonds is 31. The van der Waals surface area contributed by atoms with Crippen LogP contribution in [-0.2, 0) is 72.1 Å². The number of aliphatic carboxylic acids is 2.